The first-order chi connectivity index (χ1) is 6.36. The highest BCUT2D eigenvalue weighted by Gasteiger charge is 2.04. The Bertz CT molecular complexity index is 244. The molecule has 0 fully saturated rings. The Morgan fingerprint density at radius 2 is 2.08 bits per heavy atom. The van der Waals surface area contributed by atoms with E-state index in [9.17, 15) is 4.79 Å². The molecule has 1 atom stereocenters. The molecule has 70 valence electrons. The summed E-state index contributed by atoms with van der Waals surface area (Å²) in [5.41, 5.74) is 1.24. The predicted octanol–water partition coefficient (Wildman–Crippen LogP) is 1.83. The summed E-state index contributed by atoms with van der Waals surface area (Å²) in [6.45, 7) is 0. The molecule has 1 aromatic rings. The topological polar surface area (TPSA) is 26.3 Å². The lowest BCUT2D eigenvalue weighted by molar-refractivity contribution is -0.116. The van der Waals surface area contributed by atoms with Crippen LogP contribution in [0.2, 0.25) is 0 Å². The molecule has 1 rings (SSSR count). The summed E-state index contributed by atoms with van der Waals surface area (Å²) in [5.74, 6) is 0. The van der Waals surface area contributed by atoms with E-state index in [1.807, 2.05) is 18.2 Å². The second-order valence-corrected chi connectivity index (χ2v) is 2.93. The zero-order valence-corrected chi connectivity index (χ0v) is 7.77. The Morgan fingerprint density at radius 1 is 1.38 bits per heavy atom. The van der Waals surface area contributed by atoms with Crippen molar-refractivity contribution in [1.29, 1.82) is 0 Å². The maximum Gasteiger partial charge on any atom is 0.148 e. The quantitative estimate of drug-likeness (QED) is 0.643. The van der Waals surface area contributed by atoms with Crippen LogP contribution in [0.3, 0.4) is 0 Å². The molecule has 0 aliphatic carbocycles. The molecule has 0 N–H and O–H groups in total. The van der Waals surface area contributed by atoms with Gasteiger partial charge >= 0.3 is 0 Å². The lowest BCUT2D eigenvalue weighted by Crippen LogP contribution is -2.12. The van der Waals surface area contributed by atoms with Crippen molar-refractivity contribution >= 4 is 6.29 Å². The van der Waals surface area contributed by atoms with Gasteiger partial charge in [-0.25, -0.2) is 0 Å². The van der Waals surface area contributed by atoms with Crippen molar-refractivity contribution in [2.45, 2.75) is 18.9 Å². The molecule has 2 nitrogen and oxygen atoms in total. The summed E-state index contributed by atoms with van der Waals surface area (Å²) < 4.78 is 4.95. The number of aryl methyl sites for hydroxylation is 1. The molecule has 0 aliphatic rings. The van der Waals surface area contributed by atoms with Crippen molar-refractivity contribution in [1.82, 2.24) is 0 Å². The van der Waals surface area contributed by atoms with Crippen molar-refractivity contribution in [3.05, 3.63) is 35.9 Å². The number of methoxy groups -OCH3 is 1. The highest BCUT2D eigenvalue weighted by atomic mass is 16.5. The summed E-state index contributed by atoms with van der Waals surface area (Å²) in [4.78, 5) is 10.4. The predicted molar refractivity (Wildman–Crippen MR) is 51.6 cm³/mol. The van der Waals surface area contributed by atoms with Crippen molar-refractivity contribution in [3.63, 3.8) is 0 Å². The van der Waals surface area contributed by atoms with Crippen LogP contribution in [0, 0.1) is 0 Å². The third-order valence-corrected chi connectivity index (χ3v) is 2.01. The SMILES string of the molecule is COC(C=O)CCc1ccccc1. The van der Waals surface area contributed by atoms with Crippen molar-refractivity contribution in [3.8, 4) is 0 Å². The van der Waals surface area contributed by atoms with Gasteiger partial charge in [0.1, 0.15) is 12.4 Å². The Morgan fingerprint density at radius 3 is 2.62 bits per heavy atom. The van der Waals surface area contributed by atoms with E-state index in [0.717, 1.165) is 19.1 Å². The lowest BCUT2D eigenvalue weighted by Gasteiger charge is -2.07. The maximum absolute atomic E-state index is 10.4. The number of ether oxygens (including phenoxy) is 1. The Hall–Kier alpha value is -1.15. The van der Waals surface area contributed by atoms with E-state index in [1.165, 1.54) is 5.56 Å². The molecular weight excluding hydrogens is 164 g/mol. The van der Waals surface area contributed by atoms with Crippen LogP contribution in [0.1, 0.15) is 12.0 Å². The Labute approximate surface area is 78.5 Å². The molecule has 0 heterocycles. The second-order valence-electron chi connectivity index (χ2n) is 2.93. The normalized spacial score (nSPS) is 12.4. The number of benzene rings is 1. The van der Waals surface area contributed by atoms with Gasteiger partial charge in [-0.05, 0) is 18.4 Å². The standard InChI is InChI=1S/C11H14O2/c1-13-11(9-12)8-7-10-5-3-2-4-6-10/h2-6,9,11H,7-8H2,1H3. The lowest BCUT2D eigenvalue weighted by atomic mass is 10.1. The number of carbonyl (C=O) groups is 1. The number of rotatable bonds is 5. The molecule has 1 aromatic carbocycles. The fourth-order valence-electron chi connectivity index (χ4n) is 1.20. The summed E-state index contributed by atoms with van der Waals surface area (Å²) in [7, 11) is 1.56. The average molecular weight is 178 g/mol. The van der Waals surface area contributed by atoms with Crippen molar-refractivity contribution in [2.24, 2.45) is 0 Å². The van der Waals surface area contributed by atoms with Gasteiger partial charge in [-0.15, -0.1) is 0 Å². The van der Waals surface area contributed by atoms with Crippen LogP contribution in [0.5, 0.6) is 0 Å². The van der Waals surface area contributed by atoms with E-state index >= 15 is 0 Å². The summed E-state index contributed by atoms with van der Waals surface area (Å²) in [6.07, 6.45) is 2.23. The van der Waals surface area contributed by atoms with Gasteiger partial charge < -0.3 is 9.53 Å². The van der Waals surface area contributed by atoms with Crippen molar-refractivity contribution < 1.29 is 9.53 Å². The molecule has 13 heavy (non-hydrogen) atoms. The second kappa shape index (κ2) is 5.49. The van der Waals surface area contributed by atoms with Crippen LogP contribution in [-0.2, 0) is 16.0 Å². The largest absolute Gasteiger partial charge is 0.374 e. The van der Waals surface area contributed by atoms with Gasteiger partial charge in [0.25, 0.3) is 0 Å². The number of carbonyl (C=O) groups excluding carboxylic acids is 1. The number of aldehydes is 1. The first-order valence-electron chi connectivity index (χ1n) is 4.39. The van der Waals surface area contributed by atoms with Gasteiger partial charge in [-0.3, -0.25) is 0 Å². The number of hydrogen-bond acceptors (Lipinski definition) is 2. The van der Waals surface area contributed by atoms with Crippen LogP contribution in [0.25, 0.3) is 0 Å². The number of hydrogen-bond donors (Lipinski definition) is 0. The van der Waals surface area contributed by atoms with Crippen LogP contribution >= 0.6 is 0 Å². The summed E-state index contributed by atoms with van der Waals surface area (Å²) >= 11 is 0. The van der Waals surface area contributed by atoms with Gasteiger partial charge in [0.15, 0.2) is 0 Å². The smallest absolute Gasteiger partial charge is 0.148 e. The first kappa shape index (κ1) is 9.93. The Kier molecular flexibility index (Phi) is 4.19. The molecule has 0 aliphatic heterocycles. The molecule has 0 bridgehead atoms. The molecule has 0 spiro atoms. The van der Waals surface area contributed by atoms with Crippen LogP contribution < -0.4 is 0 Å². The van der Waals surface area contributed by atoms with Gasteiger partial charge in [-0.2, -0.15) is 0 Å². The molecule has 1 unspecified atom stereocenters. The molecule has 2 heteroatoms. The van der Waals surface area contributed by atoms with Crippen LogP contribution in [0.15, 0.2) is 30.3 Å². The first-order valence-corrected chi connectivity index (χ1v) is 4.39. The third kappa shape index (κ3) is 3.38. The monoisotopic (exact) mass is 178 g/mol. The average Bonchev–Trinajstić information content (AvgIpc) is 2.21. The summed E-state index contributed by atoms with van der Waals surface area (Å²) in [6, 6.07) is 10.1. The zero-order valence-electron chi connectivity index (χ0n) is 7.77. The molecule has 0 saturated heterocycles. The minimum absolute atomic E-state index is 0.264. The van der Waals surface area contributed by atoms with E-state index in [0.29, 0.717) is 0 Å². The highest BCUT2D eigenvalue weighted by molar-refractivity contribution is 5.55. The molecule has 0 aromatic heterocycles. The zero-order chi connectivity index (χ0) is 9.52. The molecule has 0 radical (unpaired) electrons. The van der Waals surface area contributed by atoms with E-state index in [4.69, 9.17) is 4.74 Å². The minimum atomic E-state index is -0.264. The Balaban J connectivity index is 2.38. The van der Waals surface area contributed by atoms with Gasteiger partial charge in [-0.1, -0.05) is 30.3 Å². The maximum atomic E-state index is 10.4. The molecule has 0 saturated carbocycles. The minimum Gasteiger partial charge on any atom is -0.374 e. The van der Waals surface area contributed by atoms with Gasteiger partial charge in [0.2, 0.25) is 0 Å². The van der Waals surface area contributed by atoms with E-state index in [2.05, 4.69) is 12.1 Å². The van der Waals surface area contributed by atoms with Crippen LogP contribution in [0.4, 0.5) is 0 Å². The van der Waals surface area contributed by atoms with Crippen molar-refractivity contribution in [2.75, 3.05) is 7.11 Å². The highest BCUT2D eigenvalue weighted by Crippen LogP contribution is 2.05. The fraction of sp³-hybridized carbons (Fsp3) is 0.364. The molecular formula is C11H14O2. The van der Waals surface area contributed by atoms with E-state index < -0.39 is 0 Å². The fourth-order valence-corrected chi connectivity index (χ4v) is 1.20. The van der Waals surface area contributed by atoms with Crippen LogP contribution in [-0.4, -0.2) is 19.5 Å². The summed E-state index contributed by atoms with van der Waals surface area (Å²) in [5, 5.41) is 0. The van der Waals surface area contributed by atoms with E-state index in [-0.39, 0.29) is 6.10 Å². The van der Waals surface area contributed by atoms with Gasteiger partial charge in [0.05, 0.1) is 0 Å². The molecule has 0 amide bonds. The van der Waals surface area contributed by atoms with Gasteiger partial charge in [0, 0.05) is 7.11 Å². The third-order valence-electron chi connectivity index (χ3n) is 2.01. The van der Waals surface area contributed by atoms with E-state index in [1.54, 1.807) is 7.11 Å².